The van der Waals surface area contributed by atoms with E-state index in [4.69, 9.17) is 5.10 Å². The topological polar surface area (TPSA) is 84.7 Å². The first kappa shape index (κ1) is 19.3. The Balaban J connectivity index is 1.43. The molecule has 30 heavy (non-hydrogen) atoms. The van der Waals surface area contributed by atoms with Crippen molar-refractivity contribution in [3.8, 4) is 16.9 Å². The molecule has 0 radical (unpaired) electrons. The van der Waals surface area contributed by atoms with E-state index >= 15 is 0 Å². The molecule has 2 aromatic carbocycles. The van der Waals surface area contributed by atoms with Crippen LogP contribution in [0.1, 0.15) is 12.0 Å². The second kappa shape index (κ2) is 9.47. The molecule has 0 aliphatic heterocycles. The van der Waals surface area contributed by atoms with Crippen LogP contribution in [0.25, 0.3) is 16.9 Å². The highest BCUT2D eigenvalue weighted by Crippen LogP contribution is 2.23. The van der Waals surface area contributed by atoms with Gasteiger partial charge in [0.15, 0.2) is 0 Å². The molecule has 0 saturated heterocycles. The van der Waals surface area contributed by atoms with Gasteiger partial charge in [-0.3, -0.25) is 4.79 Å². The fraction of sp³-hybridized carbons (Fsp3) is 0.130. The fourth-order valence-corrected chi connectivity index (χ4v) is 3.05. The zero-order chi connectivity index (χ0) is 20.6. The van der Waals surface area contributed by atoms with Crippen molar-refractivity contribution in [1.29, 1.82) is 0 Å². The van der Waals surface area contributed by atoms with Crippen molar-refractivity contribution in [1.82, 2.24) is 25.1 Å². The van der Waals surface area contributed by atoms with Gasteiger partial charge < -0.3 is 10.6 Å². The molecule has 0 aliphatic carbocycles. The molecule has 0 spiro atoms. The summed E-state index contributed by atoms with van der Waals surface area (Å²) in [5.41, 5.74) is 3.80. The van der Waals surface area contributed by atoms with Gasteiger partial charge in [-0.2, -0.15) is 5.10 Å². The van der Waals surface area contributed by atoms with Gasteiger partial charge in [-0.05, 0) is 18.2 Å². The number of nitrogens with zero attached hydrogens (tertiary/aromatic N) is 4. The SMILES string of the molecule is O=C(CCNc1ncccn1)NCc1cn(-c2ccccc2)nc1-c1ccccc1. The van der Waals surface area contributed by atoms with Crippen LogP contribution in [0.5, 0.6) is 0 Å². The third kappa shape index (κ3) is 4.88. The quantitative estimate of drug-likeness (QED) is 0.475. The first-order chi connectivity index (χ1) is 14.8. The molecule has 0 bridgehead atoms. The van der Waals surface area contributed by atoms with Gasteiger partial charge in [-0.25, -0.2) is 14.6 Å². The molecule has 0 aliphatic rings. The Labute approximate surface area is 174 Å². The number of amides is 1. The molecule has 0 atom stereocenters. The summed E-state index contributed by atoms with van der Waals surface area (Å²) >= 11 is 0. The molecule has 2 N–H and O–H groups in total. The van der Waals surface area contributed by atoms with Crippen LogP contribution in [0.15, 0.2) is 85.3 Å². The molecule has 2 heterocycles. The number of aromatic nitrogens is 4. The molecule has 0 fully saturated rings. The van der Waals surface area contributed by atoms with E-state index < -0.39 is 0 Å². The van der Waals surface area contributed by atoms with Crippen LogP contribution in [-0.2, 0) is 11.3 Å². The second-order valence-corrected chi connectivity index (χ2v) is 6.67. The summed E-state index contributed by atoms with van der Waals surface area (Å²) in [4.78, 5) is 20.5. The summed E-state index contributed by atoms with van der Waals surface area (Å²) in [5, 5.41) is 10.8. The van der Waals surface area contributed by atoms with Crippen LogP contribution < -0.4 is 10.6 Å². The minimum absolute atomic E-state index is 0.0510. The predicted octanol–water partition coefficient (Wildman–Crippen LogP) is 3.45. The van der Waals surface area contributed by atoms with E-state index in [0.717, 1.165) is 22.5 Å². The summed E-state index contributed by atoms with van der Waals surface area (Å²) in [6, 6.07) is 21.7. The molecular formula is C23H22N6O. The minimum atomic E-state index is -0.0510. The Kier molecular flexibility index (Phi) is 6.10. The lowest BCUT2D eigenvalue weighted by Gasteiger charge is -2.07. The van der Waals surface area contributed by atoms with Crippen molar-refractivity contribution in [2.24, 2.45) is 0 Å². The Hall–Kier alpha value is -4.00. The highest BCUT2D eigenvalue weighted by molar-refractivity contribution is 5.76. The van der Waals surface area contributed by atoms with Gasteiger partial charge in [0.1, 0.15) is 0 Å². The summed E-state index contributed by atoms with van der Waals surface area (Å²) in [5.74, 6) is 0.464. The largest absolute Gasteiger partial charge is 0.354 e. The monoisotopic (exact) mass is 398 g/mol. The summed E-state index contributed by atoms with van der Waals surface area (Å²) in [7, 11) is 0. The van der Waals surface area contributed by atoms with Crippen molar-refractivity contribution in [2.45, 2.75) is 13.0 Å². The molecule has 2 aromatic heterocycles. The molecule has 0 unspecified atom stereocenters. The lowest BCUT2D eigenvalue weighted by Crippen LogP contribution is -2.25. The summed E-state index contributed by atoms with van der Waals surface area (Å²) < 4.78 is 1.85. The summed E-state index contributed by atoms with van der Waals surface area (Å²) in [6.07, 6.45) is 5.61. The average molecular weight is 398 g/mol. The molecule has 7 nitrogen and oxygen atoms in total. The van der Waals surface area contributed by atoms with Gasteiger partial charge in [-0.1, -0.05) is 48.5 Å². The summed E-state index contributed by atoms with van der Waals surface area (Å²) in [6.45, 7) is 0.863. The van der Waals surface area contributed by atoms with Gasteiger partial charge in [0.05, 0.1) is 11.4 Å². The normalized spacial score (nSPS) is 10.5. The zero-order valence-electron chi connectivity index (χ0n) is 16.4. The van der Waals surface area contributed by atoms with Crippen molar-refractivity contribution >= 4 is 11.9 Å². The molecule has 150 valence electrons. The highest BCUT2D eigenvalue weighted by atomic mass is 16.1. The minimum Gasteiger partial charge on any atom is -0.354 e. The van der Waals surface area contributed by atoms with Gasteiger partial charge in [0.2, 0.25) is 11.9 Å². The molecule has 0 saturated carbocycles. The van der Waals surface area contributed by atoms with Crippen LogP contribution in [0.2, 0.25) is 0 Å². The fourth-order valence-electron chi connectivity index (χ4n) is 3.05. The van der Waals surface area contributed by atoms with Gasteiger partial charge in [0.25, 0.3) is 0 Å². The Morgan fingerprint density at radius 3 is 2.33 bits per heavy atom. The van der Waals surface area contributed by atoms with Gasteiger partial charge in [-0.15, -0.1) is 0 Å². The third-order valence-electron chi connectivity index (χ3n) is 4.53. The first-order valence-electron chi connectivity index (χ1n) is 9.76. The predicted molar refractivity (Wildman–Crippen MR) is 116 cm³/mol. The van der Waals surface area contributed by atoms with Crippen LogP contribution in [0.4, 0.5) is 5.95 Å². The molecule has 4 rings (SSSR count). The Morgan fingerprint density at radius 1 is 0.900 bits per heavy atom. The van der Waals surface area contributed by atoms with Crippen LogP contribution >= 0.6 is 0 Å². The number of hydrogen-bond donors (Lipinski definition) is 2. The first-order valence-corrected chi connectivity index (χ1v) is 9.76. The standard InChI is InChI=1S/C23H22N6O/c30-21(12-15-26-23-24-13-7-14-25-23)27-16-19-17-29(20-10-5-2-6-11-20)28-22(19)18-8-3-1-4-9-18/h1-11,13-14,17H,12,15-16H2,(H,27,30)(H,24,25,26). The molecule has 7 heteroatoms. The maximum absolute atomic E-state index is 12.3. The van der Waals surface area contributed by atoms with Crippen LogP contribution in [0.3, 0.4) is 0 Å². The van der Waals surface area contributed by atoms with E-state index in [0.29, 0.717) is 25.5 Å². The van der Waals surface area contributed by atoms with Crippen molar-refractivity contribution < 1.29 is 4.79 Å². The Morgan fingerprint density at radius 2 is 1.60 bits per heavy atom. The van der Waals surface area contributed by atoms with E-state index in [1.165, 1.54) is 0 Å². The molecular weight excluding hydrogens is 376 g/mol. The van der Waals surface area contributed by atoms with Crippen molar-refractivity contribution in [3.05, 3.63) is 90.9 Å². The number of benzene rings is 2. The number of para-hydroxylation sites is 1. The van der Waals surface area contributed by atoms with E-state index in [1.807, 2.05) is 71.5 Å². The maximum Gasteiger partial charge on any atom is 0.222 e. The van der Waals surface area contributed by atoms with Crippen LogP contribution in [0, 0.1) is 0 Å². The number of rotatable bonds is 8. The number of nitrogens with one attached hydrogen (secondary N) is 2. The van der Waals surface area contributed by atoms with Crippen molar-refractivity contribution in [2.75, 3.05) is 11.9 Å². The molecule has 4 aromatic rings. The van der Waals surface area contributed by atoms with E-state index in [-0.39, 0.29) is 5.91 Å². The van der Waals surface area contributed by atoms with E-state index in [1.54, 1.807) is 18.5 Å². The van der Waals surface area contributed by atoms with Gasteiger partial charge >= 0.3 is 0 Å². The van der Waals surface area contributed by atoms with Crippen LogP contribution in [-0.4, -0.2) is 32.2 Å². The molecule has 1 amide bonds. The lowest BCUT2D eigenvalue weighted by atomic mass is 10.1. The van der Waals surface area contributed by atoms with E-state index in [2.05, 4.69) is 20.6 Å². The number of carbonyl (C=O) groups is 1. The number of hydrogen-bond acceptors (Lipinski definition) is 5. The van der Waals surface area contributed by atoms with E-state index in [9.17, 15) is 4.79 Å². The third-order valence-corrected chi connectivity index (χ3v) is 4.53. The maximum atomic E-state index is 12.3. The van der Waals surface area contributed by atoms with Crippen molar-refractivity contribution in [3.63, 3.8) is 0 Å². The smallest absolute Gasteiger partial charge is 0.222 e. The zero-order valence-corrected chi connectivity index (χ0v) is 16.4. The lowest BCUT2D eigenvalue weighted by molar-refractivity contribution is -0.121. The van der Waals surface area contributed by atoms with Gasteiger partial charge in [0, 0.05) is 49.2 Å². The number of carbonyl (C=O) groups excluding carboxylic acids is 1. The average Bonchev–Trinajstić information content (AvgIpc) is 3.24. The number of anilines is 1. The second-order valence-electron chi connectivity index (χ2n) is 6.67. The Bertz CT molecular complexity index is 1080. The highest BCUT2D eigenvalue weighted by Gasteiger charge is 2.13.